The molecule has 1 unspecified atom stereocenters. The van der Waals surface area contributed by atoms with E-state index in [1.165, 1.54) is 0 Å². The second-order valence-electron chi connectivity index (χ2n) is 5.69. The molecule has 0 fully saturated rings. The van der Waals surface area contributed by atoms with Crippen LogP contribution in [0.4, 0.5) is 5.82 Å². The van der Waals surface area contributed by atoms with Gasteiger partial charge in [-0.25, -0.2) is 0 Å². The first-order valence-electron chi connectivity index (χ1n) is 7.52. The highest BCUT2D eigenvalue weighted by atomic mass is 35.5. The van der Waals surface area contributed by atoms with Gasteiger partial charge < -0.3 is 5.32 Å². The minimum atomic E-state index is -0.146. The molecule has 0 bridgehead atoms. The number of aromatic amines is 1. The first kappa shape index (κ1) is 15.2. The van der Waals surface area contributed by atoms with Gasteiger partial charge >= 0.3 is 0 Å². The molecule has 1 aromatic heterocycles. The van der Waals surface area contributed by atoms with Crippen LogP contribution in [0, 0.1) is 0 Å². The van der Waals surface area contributed by atoms with Crippen LogP contribution in [0.1, 0.15) is 23.5 Å². The van der Waals surface area contributed by atoms with Crippen LogP contribution in [0.15, 0.2) is 48.5 Å². The molecule has 0 aliphatic carbocycles. The molecular formula is C18H13Cl2N3O. The lowest BCUT2D eigenvalue weighted by Crippen LogP contribution is -2.23. The standard InChI is InChI=1S/C18H13Cl2N3O/c19-11-7-5-10(6-8-11)17-16-13(12-3-1-2-4-14(12)20)9-15(24)21-18(16)23-22-17/h1-8,13H,9H2,(H2,21,22,23,24). The molecule has 1 amide bonds. The second-order valence-corrected chi connectivity index (χ2v) is 6.54. The molecule has 2 aromatic carbocycles. The SMILES string of the molecule is O=C1CC(c2ccccc2Cl)c2c(n[nH]c2-c2ccc(Cl)cc2)N1. The summed E-state index contributed by atoms with van der Waals surface area (Å²) in [7, 11) is 0. The Morgan fingerprint density at radius 3 is 2.54 bits per heavy atom. The lowest BCUT2D eigenvalue weighted by Gasteiger charge is -2.24. The number of hydrogen-bond acceptors (Lipinski definition) is 2. The number of hydrogen-bond donors (Lipinski definition) is 2. The van der Waals surface area contributed by atoms with E-state index in [-0.39, 0.29) is 11.8 Å². The summed E-state index contributed by atoms with van der Waals surface area (Å²) in [6.45, 7) is 0. The average Bonchev–Trinajstić information content (AvgIpc) is 2.99. The highest BCUT2D eigenvalue weighted by Crippen LogP contribution is 2.43. The molecule has 1 aliphatic heterocycles. The van der Waals surface area contributed by atoms with E-state index in [1.807, 2.05) is 48.5 Å². The molecule has 4 nitrogen and oxygen atoms in total. The number of amides is 1. The largest absolute Gasteiger partial charge is 0.309 e. The van der Waals surface area contributed by atoms with E-state index in [2.05, 4.69) is 15.5 Å². The Morgan fingerprint density at radius 2 is 1.79 bits per heavy atom. The molecule has 0 saturated carbocycles. The number of carbonyl (C=O) groups excluding carboxylic acids is 1. The normalized spacial score (nSPS) is 16.6. The predicted octanol–water partition coefficient (Wildman–Crippen LogP) is 4.86. The van der Waals surface area contributed by atoms with Gasteiger partial charge in [0.2, 0.25) is 5.91 Å². The van der Waals surface area contributed by atoms with Crippen molar-refractivity contribution in [1.82, 2.24) is 10.2 Å². The molecule has 4 rings (SSSR count). The summed E-state index contributed by atoms with van der Waals surface area (Å²) < 4.78 is 0. The molecule has 0 saturated heterocycles. The average molecular weight is 358 g/mol. The van der Waals surface area contributed by atoms with Gasteiger partial charge in [0.25, 0.3) is 0 Å². The summed E-state index contributed by atoms with van der Waals surface area (Å²) in [5, 5.41) is 11.5. The minimum absolute atomic E-state index is 0.0680. The summed E-state index contributed by atoms with van der Waals surface area (Å²) in [5.74, 6) is 0.342. The van der Waals surface area contributed by atoms with Crippen LogP contribution in [0.25, 0.3) is 11.3 Å². The van der Waals surface area contributed by atoms with Crippen molar-refractivity contribution in [1.29, 1.82) is 0 Å². The Labute approximate surface area is 148 Å². The summed E-state index contributed by atoms with van der Waals surface area (Å²) in [4.78, 5) is 12.1. The molecule has 120 valence electrons. The topological polar surface area (TPSA) is 57.8 Å². The molecular weight excluding hydrogens is 345 g/mol. The monoisotopic (exact) mass is 357 g/mol. The van der Waals surface area contributed by atoms with Crippen molar-refractivity contribution < 1.29 is 4.79 Å². The van der Waals surface area contributed by atoms with Crippen LogP contribution in [0.3, 0.4) is 0 Å². The lowest BCUT2D eigenvalue weighted by atomic mass is 9.84. The van der Waals surface area contributed by atoms with Crippen LogP contribution in [0.2, 0.25) is 10.0 Å². The Hall–Kier alpha value is -2.30. The van der Waals surface area contributed by atoms with Gasteiger partial charge in [0.05, 0.1) is 5.69 Å². The van der Waals surface area contributed by atoms with E-state index in [1.54, 1.807) is 0 Å². The Bertz CT molecular complexity index is 918. The lowest BCUT2D eigenvalue weighted by molar-refractivity contribution is -0.116. The van der Waals surface area contributed by atoms with Crippen molar-refractivity contribution in [3.63, 3.8) is 0 Å². The van der Waals surface area contributed by atoms with Gasteiger partial charge in [-0.3, -0.25) is 9.89 Å². The van der Waals surface area contributed by atoms with E-state index in [0.29, 0.717) is 22.3 Å². The minimum Gasteiger partial charge on any atom is -0.309 e. The number of nitrogens with one attached hydrogen (secondary N) is 2. The molecule has 0 radical (unpaired) electrons. The van der Waals surface area contributed by atoms with E-state index in [4.69, 9.17) is 23.2 Å². The van der Waals surface area contributed by atoms with Gasteiger partial charge in [-0.05, 0) is 23.8 Å². The summed E-state index contributed by atoms with van der Waals surface area (Å²) in [5.41, 5.74) is 3.70. The molecule has 3 aromatic rings. The maximum absolute atomic E-state index is 12.1. The maximum atomic E-state index is 12.1. The van der Waals surface area contributed by atoms with Crippen molar-refractivity contribution in [2.45, 2.75) is 12.3 Å². The number of benzene rings is 2. The number of fused-ring (bicyclic) bond motifs is 1. The fraction of sp³-hybridized carbons (Fsp3) is 0.111. The van der Waals surface area contributed by atoms with E-state index < -0.39 is 0 Å². The zero-order chi connectivity index (χ0) is 16.7. The van der Waals surface area contributed by atoms with Crippen LogP contribution >= 0.6 is 23.2 Å². The van der Waals surface area contributed by atoms with Gasteiger partial charge in [-0.1, -0.05) is 53.5 Å². The predicted molar refractivity (Wildman–Crippen MR) is 95.6 cm³/mol. The van der Waals surface area contributed by atoms with Crippen molar-refractivity contribution in [3.05, 3.63) is 69.7 Å². The van der Waals surface area contributed by atoms with Gasteiger partial charge in [0, 0.05) is 33.5 Å². The fourth-order valence-electron chi connectivity index (χ4n) is 3.12. The summed E-state index contributed by atoms with van der Waals surface area (Å²) >= 11 is 12.4. The molecule has 6 heteroatoms. The van der Waals surface area contributed by atoms with Crippen LogP contribution in [0.5, 0.6) is 0 Å². The molecule has 1 atom stereocenters. The van der Waals surface area contributed by atoms with Crippen molar-refractivity contribution >= 4 is 34.9 Å². The zero-order valence-electron chi connectivity index (χ0n) is 12.5. The number of carbonyl (C=O) groups is 1. The van der Waals surface area contributed by atoms with Gasteiger partial charge in [-0.15, -0.1) is 0 Å². The molecule has 2 heterocycles. The third kappa shape index (κ3) is 2.58. The second kappa shape index (κ2) is 5.96. The van der Waals surface area contributed by atoms with Gasteiger partial charge in [0.15, 0.2) is 5.82 Å². The number of aromatic nitrogens is 2. The molecule has 24 heavy (non-hydrogen) atoms. The van der Waals surface area contributed by atoms with Gasteiger partial charge in [0.1, 0.15) is 0 Å². The third-order valence-corrected chi connectivity index (χ3v) is 4.81. The smallest absolute Gasteiger partial charge is 0.226 e. The van der Waals surface area contributed by atoms with E-state index >= 15 is 0 Å². The Kier molecular flexibility index (Phi) is 3.79. The Balaban J connectivity index is 1.89. The number of halogens is 2. The first-order chi connectivity index (χ1) is 11.6. The fourth-order valence-corrected chi connectivity index (χ4v) is 3.51. The molecule has 1 aliphatic rings. The molecule has 2 N–H and O–H groups in total. The molecule has 0 spiro atoms. The highest BCUT2D eigenvalue weighted by Gasteiger charge is 2.32. The highest BCUT2D eigenvalue weighted by molar-refractivity contribution is 6.31. The van der Waals surface area contributed by atoms with Crippen LogP contribution in [-0.2, 0) is 4.79 Å². The zero-order valence-corrected chi connectivity index (χ0v) is 14.0. The van der Waals surface area contributed by atoms with Crippen molar-refractivity contribution in [2.24, 2.45) is 0 Å². The van der Waals surface area contributed by atoms with Crippen LogP contribution < -0.4 is 5.32 Å². The van der Waals surface area contributed by atoms with Crippen molar-refractivity contribution in [3.8, 4) is 11.3 Å². The van der Waals surface area contributed by atoms with Crippen molar-refractivity contribution in [2.75, 3.05) is 5.32 Å². The number of rotatable bonds is 2. The number of anilines is 1. The number of nitrogens with zero attached hydrogens (tertiary/aromatic N) is 1. The number of H-pyrrole nitrogens is 1. The quantitative estimate of drug-likeness (QED) is 0.688. The third-order valence-electron chi connectivity index (χ3n) is 4.21. The van der Waals surface area contributed by atoms with Crippen LogP contribution in [-0.4, -0.2) is 16.1 Å². The summed E-state index contributed by atoms with van der Waals surface area (Å²) in [6.07, 6.45) is 0.330. The van der Waals surface area contributed by atoms with Gasteiger partial charge in [-0.2, -0.15) is 5.10 Å². The van der Waals surface area contributed by atoms with E-state index in [9.17, 15) is 4.79 Å². The maximum Gasteiger partial charge on any atom is 0.226 e. The first-order valence-corrected chi connectivity index (χ1v) is 8.27. The van der Waals surface area contributed by atoms with E-state index in [0.717, 1.165) is 22.4 Å². The summed E-state index contributed by atoms with van der Waals surface area (Å²) in [6, 6.07) is 15.1. The Morgan fingerprint density at radius 1 is 1.04 bits per heavy atom.